The monoisotopic (exact) mass is 384 g/mol. The van der Waals surface area contributed by atoms with E-state index >= 15 is 0 Å². The van der Waals surface area contributed by atoms with Crippen LogP contribution in [0.4, 0.5) is 4.39 Å². The summed E-state index contributed by atoms with van der Waals surface area (Å²) in [5, 5.41) is 0. The number of rotatable bonds is 4. The predicted octanol–water partition coefficient (Wildman–Crippen LogP) is 4.41. The third-order valence-electron chi connectivity index (χ3n) is 2.85. The van der Waals surface area contributed by atoms with E-state index in [1.165, 1.54) is 6.07 Å². The molecule has 0 atom stereocenters. The molecule has 0 aliphatic carbocycles. The van der Waals surface area contributed by atoms with Crippen LogP contribution < -0.4 is 4.18 Å². The highest BCUT2D eigenvalue weighted by Gasteiger charge is 2.07. The van der Waals surface area contributed by atoms with E-state index in [2.05, 4.69) is 15.9 Å². The lowest BCUT2D eigenvalue weighted by atomic mass is 10.1. The summed E-state index contributed by atoms with van der Waals surface area (Å²) in [5.41, 5.74) is 2.45. The average Bonchev–Trinajstić information content (AvgIpc) is 2.41. The quantitative estimate of drug-likeness (QED) is 0.579. The van der Waals surface area contributed by atoms with Crippen LogP contribution in [0.5, 0.6) is 5.75 Å². The first-order chi connectivity index (χ1) is 10.2. The summed E-state index contributed by atoms with van der Waals surface area (Å²) in [6.07, 6.45) is 4.71. The second kappa shape index (κ2) is 6.62. The first-order valence-corrected chi connectivity index (χ1v) is 8.99. The predicted molar refractivity (Wildman–Crippen MR) is 89.7 cm³/mol. The van der Waals surface area contributed by atoms with Crippen LogP contribution >= 0.6 is 15.9 Å². The Morgan fingerprint density at radius 2 is 1.68 bits per heavy atom. The van der Waals surface area contributed by atoms with Crippen LogP contribution in [-0.2, 0) is 10.1 Å². The Labute approximate surface area is 137 Å². The Bertz CT molecular complexity index is 829. The van der Waals surface area contributed by atoms with Crippen molar-refractivity contribution < 1.29 is 17.0 Å². The molecular weight excluding hydrogens is 371 g/mol. The van der Waals surface area contributed by atoms with Gasteiger partial charge in [-0.25, -0.2) is 4.39 Å². The Morgan fingerprint density at radius 3 is 2.23 bits per heavy atom. The van der Waals surface area contributed by atoms with E-state index in [0.717, 1.165) is 17.4 Å². The molecule has 0 spiro atoms. The molecule has 6 heteroatoms. The van der Waals surface area contributed by atoms with Gasteiger partial charge in [0, 0.05) is 0 Å². The largest absolute Gasteiger partial charge is 0.382 e. The molecule has 0 aliphatic rings. The molecule has 0 N–H and O–H groups in total. The summed E-state index contributed by atoms with van der Waals surface area (Å²) >= 11 is 3.14. The highest BCUT2D eigenvalue weighted by molar-refractivity contribution is 9.10. The molecule has 0 saturated carbocycles. The summed E-state index contributed by atoms with van der Waals surface area (Å²) in [6, 6.07) is 9.91. The van der Waals surface area contributed by atoms with Crippen LogP contribution in [0.2, 0.25) is 0 Å². The van der Waals surface area contributed by atoms with E-state index in [-0.39, 0.29) is 5.82 Å². The van der Waals surface area contributed by atoms with E-state index < -0.39 is 10.1 Å². The summed E-state index contributed by atoms with van der Waals surface area (Å²) in [7, 11) is -3.54. The smallest absolute Gasteiger partial charge is 0.306 e. The van der Waals surface area contributed by atoms with Gasteiger partial charge < -0.3 is 4.18 Å². The van der Waals surface area contributed by atoms with Crippen LogP contribution in [0.15, 0.2) is 40.9 Å². The zero-order valence-corrected chi connectivity index (χ0v) is 14.4. The molecule has 0 unspecified atom stereocenters. The fourth-order valence-electron chi connectivity index (χ4n) is 1.84. The third kappa shape index (κ3) is 4.68. The topological polar surface area (TPSA) is 43.4 Å². The summed E-state index contributed by atoms with van der Waals surface area (Å²) in [4.78, 5) is 0. The van der Waals surface area contributed by atoms with Crippen LogP contribution in [-0.4, -0.2) is 14.7 Å². The number of hydrogen-bond donors (Lipinski definition) is 0. The van der Waals surface area contributed by atoms with Crippen molar-refractivity contribution in [3.8, 4) is 5.75 Å². The SMILES string of the molecule is Cc1cc(C=Cc2ccc(F)c(Br)c2)ccc1OS(C)(=O)=O. The van der Waals surface area contributed by atoms with Crippen LogP contribution in [0.1, 0.15) is 16.7 Å². The minimum absolute atomic E-state index is 0.309. The molecule has 0 saturated heterocycles. The molecule has 116 valence electrons. The summed E-state index contributed by atoms with van der Waals surface area (Å²) < 4.78 is 40.7. The highest BCUT2D eigenvalue weighted by atomic mass is 79.9. The summed E-state index contributed by atoms with van der Waals surface area (Å²) in [6.45, 7) is 1.77. The maximum Gasteiger partial charge on any atom is 0.306 e. The number of aryl methyl sites for hydroxylation is 1. The average molecular weight is 385 g/mol. The number of halogens is 2. The Hall–Kier alpha value is -1.66. The maximum atomic E-state index is 13.2. The molecule has 0 heterocycles. The molecule has 0 amide bonds. The molecule has 0 fully saturated rings. The van der Waals surface area contributed by atoms with Crippen molar-refractivity contribution in [3.05, 3.63) is 63.4 Å². The van der Waals surface area contributed by atoms with Crippen molar-refractivity contribution in [2.24, 2.45) is 0 Å². The Kier molecular flexibility index (Phi) is 5.03. The van der Waals surface area contributed by atoms with Gasteiger partial charge in [0.15, 0.2) is 0 Å². The Balaban J connectivity index is 2.21. The molecule has 0 aliphatic heterocycles. The number of benzene rings is 2. The van der Waals surface area contributed by atoms with Gasteiger partial charge in [-0.05, 0) is 63.8 Å². The van der Waals surface area contributed by atoms with Crippen molar-refractivity contribution in [2.75, 3.05) is 6.26 Å². The molecule has 3 nitrogen and oxygen atoms in total. The van der Waals surface area contributed by atoms with Gasteiger partial charge in [-0.3, -0.25) is 0 Å². The van der Waals surface area contributed by atoms with Crippen LogP contribution in [0, 0.1) is 12.7 Å². The van der Waals surface area contributed by atoms with Gasteiger partial charge in [-0.1, -0.05) is 24.3 Å². The van der Waals surface area contributed by atoms with Crippen molar-refractivity contribution in [2.45, 2.75) is 6.92 Å². The molecule has 0 aromatic heterocycles. The van der Waals surface area contributed by atoms with Crippen molar-refractivity contribution in [1.82, 2.24) is 0 Å². The summed E-state index contributed by atoms with van der Waals surface area (Å²) in [5.74, 6) is -0.000511. The van der Waals surface area contributed by atoms with Crippen LogP contribution in [0.3, 0.4) is 0 Å². The van der Waals surface area contributed by atoms with Crippen molar-refractivity contribution in [1.29, 1.82) is 0 Å². The normalized spacial score (nSPS) is 11.8. The lowest BCUT2D eigenvalue weighted by Crippen LogP contribution is -2.06. The maximum absolute atomic E-state index is 13.2. The standard InChI is InChI=1S/C16H14BrFO3S/c1-11-9-12(6-8-16(11)21-22(2,19)20)3-4-13-5-7-15(18)14(17)10-13/h3-10H,1-2H3. The van der Waals surface area contributed by atoms with E-state index in [9.17, 15) is 12.8 Å². The highest BCUT2D eigenvalue weighted by Crippen LogP contribution is 2.22. The molecule has 22 heavy (non-hydrogen) atoms. The second-order valence-electron chi connectivity index (χ2n) is 4.82. The zero-order chi connectivity index (χ0) is 16.3. The van der Waals surface area contributed by atoms with E-state index in [1.807, 2.05) is 18.2 Å². The van der Waals surface area contributed by atoms with E-state index in [1.54, 1.807) is 31.2 Å². The molecule has 0 bridgehead atoms. The van der Waals surface area contributed by atoms with Crippen LogP contribution in [0.25, 0.3) is 12.2 Å². The lowest BCUT2D eigenvalue weighted by Gasteiger charge is -2.07. The molecule has 2 aromatic carbocycles. The molecular formula is C16H14BrFO3S. The van der Waals surface area contributed by atoms with Gasteiger partial charge in [-0.15, -0.1) is 0 Å². The van der Waals surface area contributed by atoms with Gasteiger partial charge in [-0.2, -0.15) is 8.42 Å². The fourth-order valence-corrected chi connectivity index (χ4v) is 2.75. The third-order valence-corrected chi connectivity index (χ3v) is 3.94. The Morgan fingerprint density at radius 1 is 1.09 bits per heavy atom. The van der Waals surface area contributed by atoms with Gasteiger partial charge in [0.25, 0.3) is 0 Å². The van der Waals surface area contributed by atoms with Gasteiger partial charge in [0.1, 0.15) is 11.6 Å². The fraction of sp³-hybridized carbons (Fsp3) is 0.125. The first-order valence-electron chi connectivity index (χ1n) is 6.38. The van der Waals surface area contributed by atoms with Crippen molar-refractivity contribution in [3.63, 3.8) is 0 Å². The van der Waals surface area contributed by atoms with Gasteiger partial charge >= 0.3 is 10.1 Å². The zero-order valence-electron chi connectivity index (χ0n) is 12.0. The van der Waals surface area contributed by atoms with Gasteiger partial charge in [0.2, 0.25) is 0 Å². The lowest BCUT2D eigenvalue weighted by molar-refractivity contribution is 0.491. The molecule has 2 rings (SSSR count). The number of hydrogen-bond acceptors (Lipinski definition) is 3. The van der Waals surface area contributed by atoms with Gasteiger partial charge in [0.05, 0.1) is 10.7 Å². The molecule has 0 radical (unpaired) electrons. The first kappa shape index (κ1) is 16.7. The molecule has 2 aromatic rings. The van der Waals surface area contributed by atoms with E-state index in [0.29, 0.717) is 15.8 Å². The van der Waals surface area contributed by atoms with E-state index in [4.69, 9.17) is 4.18 Å². The minimum atomic E-state index is -3.54. The second-order valence-corrected chi connectivity index (χ2v) is 7.25. The van der Waals surface area contributed by atoms with Crippen molar-refractivity contribution >= 4 is 38.2 Å². The minimum Gasteiger partial charge on any atom is -0.382 e.